The molecule has 0 bridgehead atoms. The maximum Gasteiger partial charge on any atom is 0.302 e. The van der Waals surface area contributed by atoms with Gasteiger partial charge in [0.05, 0.1) is 0 Å². The second-order valence-electron chi connectivity index (χ2n) is 1.86. The second-order valence-corrected chi connectivity index (χ2v) is 1.86. The Bertz CT molecular complexity index is 343. The van der Waals surface area contributed by atoms with E-state index < -0.39 is 5.56 Å². The quantitative estimate of drug-likeness (QED) is 0.267. The predicted octanol–water partition coefficient (Wildman–Crippen LogP) is -1.24. The molecule has 0 atom stereocenters. The fourth-order valence-corrected chi connectivity index (χ4v) is 0.545. The highest BCUT2D eigenvalue weighted by molar-refractivity contribution is 5.92. The van der Waals surface area contributed by atoms with Crippen molar-refractivity contribution < 1.29 is 5.21 Å². The summed E-state index contributed by atoms with van der Waals surface area (Å²) in [6.45, 7) is 0. The van der Waals surface area contributed by atoms with Crippen LogP contribution in [-0.4, -0.2) is 21.0 Å². The molecule has 6 heteroatoms. The van der Waals surface area contributed by atoms with Gasteiger partial charge in [0.15, 0.2) is 0 Å². The molecule has 0 radical (unpaired) electrons. The van der Waals surface area contributed by atoms with Gasteiger partial charge in [0.1, 0.15) is 11.5 Å². The molecular formula is C5H6N4O2. The Kier molecular flexibility index (Phi) is 1.59. The maximum atomic E-state index is 10.5. The molecule has 0 fully saturated rings. The summed E-state index contributed by atoms with van der Waals surface area (Å²) in [6.07, 6.45) is 0. The molecule has 11 heavy (non-hydrogen) atoms. The van der Waals surface area contributed by atoms with Gasteiger partial charge in [-0.1, -0.05) is 4.85 Å². The van der Waals surface area contributed by atoms with Gasteiger partial charge in [0.25, 0.3) is 0 Å². The number of hydrogen-bond donors (Lipinski definition) is 3. The van der Waals surface area contributed by atoms with E-state index in [4.69, 9.17) is 16.4 Å². The lowest BCUT2D eigenvalue weighted by Gasteiger charge is -1.96. The molecule has 4 N–H and O–H groups in total. The van der Waals surface area contributed by atoms with Crippen molar-refractivity contribution in [2.45, 2.75) is 0 Å². The van der Waals surface area contributed by atoms with E-state index in [2.05, 4.69) is 5.10 Å². The molecule has 1 aromatic heterocycles. The smallest absolute Gasteiger partial charge is 0.302 e. The van der Waals surface area contributed by atoms with E-state index in [1.54, 1.807) is 0 Å². The van der Waals surface area contributed by atoms with Crippen molar-refractivity contribution >= 4 is 5.84 Å². The highest BCUT2D eigenvalue weighted by Crippen LogP contribution is 1.85. The van der Waals surface area contributed by atoms with Crippen molar-refractivity contribution in [2.75, 3.05) is 0 Å². The van der Waals surface area contributed by atoms with E-state index in [0.29, 0.717) is 0 Å². The summed E-state index contributed by atoms with van der Waals surface area (Å²) in [7, 11) is 0. The molecule has 0 aliphatic rings. The first-order valence-corrected chi connectivity index (χ1v) is 2.75. The van der Waals surface area contributed by atoms with Gasteiger partial charge in [0.2, 0.25) is 0 Å². The number of nitrogen functional groups attached to an aromatic ring is 1. The van der Waals surface area contributed by atoms with Gasteiger partial charge in [-0.05, 0) is 6.07 Å². The van der Waals surface area contributed by atoms with E-state index in [9.17, 15) is 4.79 Å². The summed E-state index contributed by atoms with van der Waals surface area (Å²) in [5.41, 5.74) is 4.43. The lowest BCUT2D eigenvalue weighted by atomic mass is 10.4. The topological polar surface area (TPSA) is 105 Å². The van der Waals surface area contributed by atoms with Crippen LogP contribution in [0.3, 0.4) is 0 Å². The molecule has 1 heterocycles. The molecular weight excluding hydrogens is 148 g/mol. The fraction of sp³-hybridized carbons (Fsp3) is 0. The number of nitrogens with two attached hydrogens (primary N) is 1. The van der Waals surface area contributed by atoms with Crippen LogP contribution in [0.15, 0.2) is 16.9 Å². The average Bonchev–Trinajstić information content (AvgIpc) is 1.94. The Morgan fingerprint density at radius 3 is 2.82 bits per heavy atom. The van der Waals surface area contributed by atoms with Crippen LogP contribution in [0, 0.1) is 5.41 Å². The zero-order valence-electron chi connectivity index (χ0n) is 5.48. The number of amidine groups is 1. The van der Waals surface area contributed by atoms with Crippen molar-refractivity contribution in [1.29, 1.82) is 5.41 Å². The van der Waals surface area contributed by atoms with Crippen molar-refractivity contribution in [3.8, 4) is 0 Å². The van der Waals surface area contributed by atoms with Crippen molar-refractivity contribution in [3.63, 3.8) is 0 Å². The summed E-state index contributed by atoms with van der Waals surface area (Å²) in [4.78, 5) is 10.7. The van der Waals surface area contributed by atoms with Crippen LogP contribution in [0.4, 0.5) is 0 Å². The molecule has 0 unspecified atom stereocenters. The molecule has 0 saturated carbocycles. The molecule has 6 nitrogen and oxygen atoms in total. The van der Waals surface area contributed by atoms with E-state index in [1.165, 1.54) is 6.07 Å². The molecule has 0 spiro atoms. The van der Waals surface area contributed by atoms with Crippen LogP contribution in [-0.2, 0) is 0 Å². The fourth-order valence-electron chi connectivity index (χ4n) is 0.545. The first-order valence-electron chi connectivity index (χ1n) is 2.75. The minimum Gasteiger partial charge on any atom is -0.409 e. The third-order valence-electron chi connectivity index (χ3n) is 1.06. The minimum absolute atomic E-state index is 0.0621. The number of aromatic nitrogens is 2. The van der Waals surface area contributed by atoms with Crippen LogP contribution >= 0.6 is 0 Å². The Morgan fingerprint density at radius 2 is 2.36 bits per heavy atom. The van der Waals surface area contributed by atoms with Crippen molar-refractivity contribution in [1.82, 2.24) is 9.94 Å². The molecule has 0 aromatic carbocycles. The zero-order chi connectivity index (χ0) is 8.43. The maximum absolute atomic E-state index is 10.5. The van der Waals surface area contributed by atoms with Gasteiger partial charge < -0.3 is 10.9 Å². The van der Waals surface area contributed by atoms with Gasteiger partial charge in [0, 0.05) is 6.07 Å². The van der Waals surface area contributed by atoms with Gasteiger partial charge in [-0.2, -0.15) is 0 Å². The number of hydrogen-bond acceptors (Lipinski definition) is 4. The second kappa shape index (κ2) is 2.41. The Hall–Kier alpha value is -1.85. The van der Waals surface area contributed by atoms with Crippen molar-refractivity contribution in [3.05, 3.63) is 28.2 Å². The van der Waals surface area contributed by atoms with E-state index in [0.717, 1.165) is 6.07 Å². The van der Waals surface area contributed by atoms with E-state index >= 15 is 0 Å². The molecule has 0 aliphatic heterocycles. The van der Waals surface area contributed by atoms with Crippen molar-refractivity contribution in [2.24, 2.45) is 5.73 Å². The molecule has 0 saturated heterocycles. The summed E-state index contributed by atoms with van der Waals surface area (Å²) in [5.74, 6) is -0.298. The monoisotopic (exact) mass is 154 g/mol. The summed E-state index contributed by atoms with van der Waals surface area (Å²) in [5, 5.41) is 18.9. The van der Waals surface area contributed by atoms with E-state index in [1.807, 2.05) is 0 Å². The van der Waals surface area contributed by atoms with Gasteiger partial charge in [-0.15, -0.1) is 5.10 Å². The van der Waals surface area contributed by atoms with Crippen LogP contribution in [0.2, 0.25) is 0 Å². The van der Waals surface area contributed by atoms with E-state index in [-0.39, 0.29) is 16.4 Å². The van der Waals surface area contributed by atoms with Crippen LogP contribution in [0.1, 0.15) is 5.69 Å². The van der Waals surface area contributed by atoms with Gasteiger partial charge in [-0.25, -0.2) is 0 Å². The lowest BCUT2D eigenvalue weighted by molar-refractivity contribution is 0.133. The zero-order valence-corrected chi connectivity index (χ0v) is 5.48. The summed E-state index contributed by atoms with van der Waals surface area (Å²) < 4.78 is 0. The first kappa shape index (κ1) is 7.26. The third kappa shape index (κ3) is 1.34. The van der Waals surface area contributed by atoms with Crippen LogP contribution in [0.5, 0.6) is 0 Å². The third-order valence-corrected chi connectivity index (χ3v) is 1.06. The number of nitrogens with zero attached hydrogens (tertiary/aromatic N) is 2. The summed E-state index contributed by atoms with van der Waals surface area (Å²) in [6, 6.07) is 2.33. The minimum atomic E-state index is -0.657. The lowest BCUT2D eigenvalue weighted by Crippen LogP contribution is -2.24. The Morgan fingerprint density at radius 1 is 1.73 bits per heavy atom. The Balaban J connectivity index is 3.26. The molecule has 1 aromatic rings. The normalized spacial score (nSPS) is 9.45. The highest BCUT2D eigenvalue weighted by atomic mass is 16.5. The highest BCUT2D eigenvalue weighted by Gasteiger charge is 1.99. The molecule has 0 amide bonds. The average molecular weight is 154 g/mol. The van der Waals surface area contributed by atoms with Gasteiger partial charge in [-0.3, -0.25) is 10.2 Å². The summed E-state index contributed by atoms with van der Waals surface area (Å²) >= 11 is 0. The largest absolute Gasteiger partial charge is 0.409 e. The molecule has 0 aliphatic carbocycles. The molecule has 58 valence electrons. The standard InChI is InChI=1S/C5H6N4O2/c6-5(7)3-1-2-4(10)9(11)8-3/h1-2,11H,(H3,6,7). The SMILES string of the molecule is N=C(N)c1ccc(=O)n(O)n1. The number of rotatable bonds is 1. The van der Waals surface area contributed by atoms with Crippen LogP contribution in [0.25, 0.3) is 0 Å². The van der Waals surface area contributed by atoms with Gasteiger partial charge >= 0.3 is 5.56 Å². The first-order chi connectivity index (χ1) is 5.11. The molecule has 1 rings (SSSR count). The predicted molar refractivity (Wildman–Crippen MR) is 36.7 cm³/mol. The van der Waals surface area contributed by atoms with Crippen LogP contribution < -0.4 is 11.3 Å². The Labute approximate surface area is 61.3 Å². The number of nitrogens with one attached hydrogen (secondary N) is 1.